The Hall–Kier alpha value is -1.75. The van der Waals surface area contributed by atoms with Crippen molar-refractivity contribution in [3.8, 4) is 0 Å². The molecule has 0 aromatic heterocycles. The monoisotopic (exact) mass is 344 g/mol. The molecule has 2 heterocycles. The molecule has 0 unspecified atom stereocenters. The summed E-state index contributed by atoms with van der Waals surface area (Å²) in [4.78, 5) is 16.4. The van der Waals surface area contributed by atoms with Crippen LogP contribution in [0.3, 0.4) is 0 Å². The van der Waals surface area contributed by atoms with Gasteiger partial charge in [-0.3, -0.25) is 0 Å². The fourth-order valence-electron chi connectivity index (χ4n) is 3.41. The Kier molecular flexibility index (Phi) is 5.52. The van der Waals surface area contributed by atoms with Crippen molar-refractivity contribution in [3.63, 3.8) is 0 Å². The van der Waals surface area contributed by atoms with Gasteiger partial charge in [-0.2, -0.15) is 5.32 Å². The first-order valence-corrected chi connectivity index (χ1v) is 9.41. The first-order valence-electron chi connectivity index (χ1n) is 9.41. The van der Waals surface area contributed by atoms with Gasteiger partial charge in [-0.1, -0.05) is 32.9 Å². The van der Waals surface area contributed by atoms with Gasteiger partial charge in [-0.15, -0.1) is 0 Å². The predicted molar refractivity (Wildman–Crippen MR) is 100 cm³/mol. The molecule has 0 aliphatic carbocycles. The van der Waals surface area contributed by atoms with E-state index in [4.69, 9.17) is 4.74 Å². The number of piperidine rings is 1. The van der Waals surface area contributed by atoms with Crippen LogP contribution in [0, 0.1) is 0 Å². The number of hydrogen-bond donors (Lipinski definition) is 0. The number of ether oxygens (including phenoxy) is 1. The Bertz CT molecular complexity index is 574. The third-order valence-electron chi connectivity index (χ3n) is 5.03. The van der Waals surface area contributed by atoms with Gasteiger partial charge in [0.25, 0.3) is 0 Å². The summed E-state index contributed by atoms with van der Waals surface area (Å²) in [6, 6.07) is 8.70. The van der Waals surface area contributed by atoms with E-state index in [1.165, 1.54) is 17.7 Å². The van der Waals surface area contributed by atoms with Gasteiger partial charge in [-0.25, -0.2) is 4.79 Å². The van der Waals surface area contributed by atoms with Crippen LogP contribution in [0.4, 0.5) is 10.5 Å². The fourth-order valence-corrected chi connectivity index (χ4v) is 3.41. The molecule has 0 saturated carbocycles. The van der Waals surface area contributed by atoms with Crippen molar-refractivity contribution >= 4 is 11.8 Å². The minimum atomic E-state index is -0.370. The van der Waals surface area contributed by atoms with Gasteiger partial charge in [0.05, 0.1) is 6.54 Å². The van der Waals surface area contributed by atoms with Gasteiger partial charge in [0.15, 0.2) is 6.23 Å². The lowest BCUT2D eigenvalue weighted by Gasteiger charge is -2.35. The molecule has 2 aliphatic rings. The first kappa shape index (κ1) is 18.1. The summed E-state index contributed by atoms with van der Waals surface area (Å²) in [5.41, 5.74) is 2.65. The van der Waals surface area contributed by atoms with Crippen LogP contribution < -0.4 is 10.2 Å². The lowest BCUT2D eigenvalue weighted by atomic mass is 9.87. The lowest BCUT2D eigenvalue weighted by molar-refractivity contribution is 0.0395. The molecular weight excluding hydrogens is 314 g/mol. The van der Waals surface area contributed by atoms with Gasteiger partial charge in [0, 0.05) is 31.9 Å². The number of rotatable bonds is 2. The average molecular weight is 344 g/mol. The Morgan fingerprint density at radius 2 is 1.76 bits per heavy atom. The summed E-state index contributed by atoms with van der Waals surface area (Å²) in [5, 5.41) is 4.49. The van der Waals surface area contributed by atoms with Gasteiger partial charge >= 0.3 is 6.09 Å². The molecule has 1 aromatic carbocycles. The summed E-state index contributed by atoms with van der Waals surface area (Å²) in [6.45, 7) is 10.5. The lowest BCUT2D eigenvalue weighted by Crippen LogP contribution is -2.50. The summed E-state index contributed by atoms with van der Waals surface area (Å²) in [6.07, 6.45) is 2.77. The molecule has 1 atom stereocenters. The number of benzene rings is 1. The molecular formula is C20H30N3O2. The second-order valence-electron chi connectivity index (χ2n) is 8.04. The highest BCUT2D eigenvalue weighted by Gasteiger charge is 2.27. The van der Waals surface area contributed by atoms with E-state index >= 15 is 0 Å². The third kappa shape index (κ3) is 4.66. The van der Waals surface area contributed by atoms with E-state index in [-0.39, 0.29) is 17.7 Å². The predicted octanol–water partition coefficient (Wildman–Crippen LogP) is 3.36. The minimum absolute atomic E-state index is 0.155. The number of amides is 1. The van der Waals surface area contributed by atoms with Crippen LogP contribution in [-0.2, 0) is 10.2 Å². The van der Waals surface area contributed by atoms with Crippen molar-refractivity contribution in [2.45, 2.75) is 51.7 Å². The Balaban J connectivity index is 1.58. The molecule has 137 valence electrons. The van der Waals surface area contributed by atoms with E-state index in [2.05, 4.69) is 55.3 Å². The zero-order valence-corrected chi connectivity index (χ0v) is 15.7. The highest BCUT2D eigenvalue weighted by molar-refractivity contribution is 5.68. The summed E-state index contributed by atoms with van der Waals surface area (Å²) in [7, 11) is 0. The molecule has 25 heavy (non-hydrogen) atoms. The quantitative estimate of drug-likeness (QED) is 0.826. The van der Waals surface area contributed by atoms with Crippen molar-refractivity contribution in [1.82, 2.24) is 10.2 Å². The van der Waals surface area contributed by atoms with Crippen LogP contribution in [0.2, 0.25) is 0 Å². The Morgan fingerprint density at radius 1 is 1.08 bits per heavy atom. The van der Waals surface area contributed by atoms with Gasteiger partial charge in [-0.05, 0) is 42.4 Å². The number of carbonyl (C=O) groups is 1. The van der Waals surface area contributed by atoms with Crippen molar-refractivity contribution < 1.29 is 9.53 Å². The van der Waals surface area contributed by atoms with Crippen molar-refractivity contribution in [2.75, 3.05) is 37.6 Å². The summed E-state index contributed by atoms with van der Waals surface area (Å²) >= 11 is 0. The summed E-state index contributed by atoms with van der Waals surface area (Å²) < 4.78 is 5.64. The molecule has 1 amide bonds. The normalized spacial score (nSPS) is 22.0. The van der Waals surface area contributed by atoms with Gasteiger partial charge in [0.2, 0.25) is 0 Å². The smallest absolute Gasteiger partial charge is 0.411 e. The van der Waals surface area contributed by atoms with Gasteiger partial charge in [0.1, 0.15) is 0 Å². The van der Waals surface area contributed by atoms with Crippen LogP contribution >= 0.6 is 0 Å². The molecule has 1 radical (unpaired) electrons. The SMILES string of the molecule is CC(C)(C)c1ccc(N2CC[N][C@@H](OC(=O)N3CCCCC3)C2)cc1. The zero-order chi connectivity index (χ0) is 17.9. The molecule has 5 heteroatoms. The standard InChI is InChI=1S/C20H30N3O2/c1-20(2,3)16-7-9-17(10-8-16)23-14-11-21-18(15-23)25-19(24)22-12-5-4-6-13-22/h7-10,18H,4-6,11-15H2,1-3H3/t18-/m0/s1. The topological polar surface area (TPSA) is 46.9 Å². The van der Waals surface area contributed by atoms with Crippen LogP contribution in [0.5, 0.6) is 0 Å². The van der Waals surface area contributed by atoms with E-state index in [0.717, 1.165) is 32.5 Å². The van der Waals surface area contributed by atoms with E-state index in [0.29, 0.717) is 13.1 Å². The van der Waals surface area contributed by atoms with Crippen molar-refractivity contribution in [1.29, 1.82) is 0 Å². The number of likely N-dealkylation sites (tertiary alicyclic amines) is 1. The fraction of sp³-hybridized carbons (Fsp3) is 0.650. The maximum Gasteiger partial charge on any atom is 0.411 e. The molecule has 0 N–H and O–H groups in total. The molecule has 1 aromatic rings. The van der Waals surface area contributed by atoms with Crippen LogP contribution in [0.1, 0.15) is 45.6 Å². The Morgan fingerprint density at radius 3 is 2.40 bits per heavy atom. The van der Waals surface area contributed by atoms with Crippen LogP contribution in [-0.4, -0.2) is 49.9 Å². The van der Waals surface area contributed by atoms with Crippen molar-refractivity contribution in [2.24, 2.45) is 0 Å². The highest BCUT2D eigenvalue weighted by atomic mass is 16.6. The van der Waals surface area contributed by atoms with E-state index in [1.807, 2.05) is 4.90 Å². The second-order valence-corrected chi connectivity index (χ2v) is 8.04. The number of piperazine rings is 1. The number of anilines is 1. The number of carbonyl (C=O) groups excluding carboxylic acids is 1. The maximum atomic E-state index is 12.3. The Labute approximate surface area is 151 Å². The molecule has 3 rings (SSSR count). The maximum absolute atomic E-state index is 12.3. The third-order valence-corrected chi connectivity index (χ3v) is 5.03. The van der Waals surface area contributed by atoms with Gasteiger partial charge < -0.3 is 14.5 Å². The largest absolute Gasteiger partial charge is 0.427 e. The molecule has 5 nitrogen and oxygen atoms in total. The van der Waals surface area contributed by atoms with Crippen LogP contribution in [0.15, 0.2) is 24.3 Å². The summed E-state index contributed by atoms with van der Waals surface area (Å²) in [5.74, 6) is 0. The van der Waals surface area contributed by atoms with E-state index in [9.17, 15) is 4.79 Å². The highest BCUT2D eigenvalue weighted by Crippen LogP contribution is 2.25. The zero-order valence-electron chi connectivity index (χ0n) is 15.7. The average Bonchev–Trinajstić information content (AvgIpc) is 2.62. The van der Waals surface area contributed by atoms with Crippen LogP contribution in [0.25, 0.3) is 0 Å². The molecule has 0 spiro atoms. The molecule has 2 saturated heterocycles. The van der Waals surface area contributed by atoms with Crippen molar-refractivity contribution in [3.05, 3.63) is 29.8 Å². The number of nitrogens with zero attached hydrogens (tertiary/aromatic N) is 3. The second kappa shape index (κ2) is 7.65. The molecule has 2 aliphatic heterocycles. The van der Waals surface area contributed by atoms with E-state index < -0.39 is 0 Å². The minimum Gasteiger partial charge on any atom is -0.427 e. The molecule has 0 bridgehead atoms. The number of hydrogen-bond acceptors (Lipinski definition) is 3. The van der Waals surface area contributed by atoms with E-state index in [1.54, 1.807) is 0 Å². The molecule has 2 fully saturated rings. The first-order chi connectivity index (χ1) is 11.9.